The molecule has 0 N–H and O–H groups in total. The zero-order valence-electron chi connectivity index (χ0n) is 6.52. The zero-order chi connectivity index (χ0) is 9.19. The molecule has 0 aliphatic carbocycles. The molecule has 12 heavy (non-hydrogen) atoms. The monoisotopic (exact) mass is 241 g/mol. The molecular formula is C7H10BrF2NO. The molecule has 1 fully saturated rings. The molecule has 0 unspecified atom stereocenters. The van der Waals surface area contributed by atoms with E-state index in [1.54, 1.807) is 0 Å². The quantitative estimate of drug-likeness (QED) is 0.674. The van der Waals surface area contributed by atoms with E-state index in [0.29, 0.717) is 11.8 Å². The molecule has 5 heteroatoms. The maximum Gasteiger partial charge on any atom is 0.267 e. The molecule has 2 nitrogen and oxygen atoms in total. The predicted molar refractivity (Wildman–Crippen MR) is 44.6 cm³/mol. The van der Waals surface area contributed by atoms with Crippen molar-refractivity contribution in [1.82, 2.24) is 4.90 Å². The number of alkyl halides is 3. The third kappa shape index (κ3) is 2.40. The van der Waals surface area contributed by atoms with Gasteiger partial charge >= 0.3 is 0 Å². The minimum absolute atomic E-state index is 0.191. The van der Waals surface area contributed by atoms with E-state index in [1.807, 2.05) is 0 Å². The normalized spacial score (nSPS) is 21.4. The highest BCUT2D eigenvalue weighted by Gasteiger charge is 2.39. The molecule has 0 bridgehead atoms. The molecule has 0 aromatic carbocycles. The number of nitrogens with zero attached hydrogens (tertiary/aromatic N) is 1. The van der Waals surface area contributed by atoms with Crippen LogP contribution in [0.4, 0.5) is 8.78 Å². The molecule has 0 aromatic heterocycles. The second-order valence-electron chi connectivity index (χ2n) is 2.86. The maximum atomic E-state index is 12.6. The van der Waals surface area contributed by atoms with E-state index >= 15 is 0 Å². The molecule has 1 amide bonds. The van der Waals surface area contributed by atoms with Crippen LogP contribution in [0.2, 0.25) is 0 Å². The molecular weight excluding hydrogens is 232 g/mol. The molecule has 1 rings (SSSR count). The Morgan fingerprint density at radius 1 is 1.58 bits per heavy atom. The summed E-state index contributed by atoms with van der Waals surface area (Å²) in [6, 6.07) is 0. The Balaban J connectivity index is 2.41. The van der Waals surface area contributed by atoms with Crippen molar-refractivity contribution in [3.05, 3.63) is 0 Å². The van der Waals surface area contributed by atoms with Crippen LogP contribution in [0.3, 0.4) is 0 Å². The summed E-state index contributed by atoms with van der Waals surface area (Å²) >= 11 is 3.09. The van der Waals surface area contributed by atoms with Crippen LogP contribution in [0.15, 0.2) is 0 Å². The van der Waals surface area contributed by atoms with Crippen LogP contribution < -0.4 is 0 Å². The van der Waals surface area contributed by atoms with Gasteiger partial charge in [-0.2, -0.15) is 0 Å². The van der Waals surface area contributed by atoms with Crippen LogP contribution in [-0.4, -0.2) is 35.1 Å². The molecule has 1 saturated heterocycles. The predicted octanol–water partition coefficient (Wildman–Crippen LogP) is 1.64. The summed E-state index contributed by atoms with van der Waals surface area (Å²) in [5, 5.41) is 0.536. The number of rotatable bonds is 2. The fourth-order valence-electron chi connectivity index (χ4n) is 1.19. The Kier molecular flexibility index (Phi) is 3.04. The van der Waals surface area contributed by atoms with Crippen molar-refractivity contribution >= 4 is 21.8 Å². The van der Waals surface area contributed by atoms with Gasteiger partial charge in [0.05, 0.1) is 6.54 Å². The van der Waals surface area contributed by atoms with E-state index in [-0.39, 0.29) is 18.9 Å². The van der Waals surface area contributed by atoms with E-state index in [9.17, 15) is 13.6 Å². The summed E-state index contributed by atoms with van der Waals surface area (Å²) in [7, 11) is 0. The van der Waals surface area contributed by atoms with E-state index < -0.39 is 12.5 Å². The fourth-order valence-corrected chi connectivity index (χ4v) is 1.53. The van der Waals surface area contributed by atoms with Crippen molar-refractivity contribution in [3.8, 4) is 0 Å². The first kappa shape index (κ1) is 9.89. The molecule has 0 aromatic rings. The number of hydrogen-bond acceptors (Lipinski definition) is 1. The second-order valence-corrected chi connectivity index (χ2v) is 3.65. The largest absolute Gasteiger partial charge is 0.336 e. The third-order valence-electron chi connectivity index (χ3n) is 1.83. The van der Waals surface area contributed by atoms with Gasteiger partial charge < -0.3 is 4.90 Å². The smallest absolute Gasteiger partial charge is 0.267 e. The summed E-state index contributed by atoms with van der Waals surface area (Å²) in [6.07, 6.45) is 0.108. The zero-order valence-corrected chi connectivity index (χ0v) is 8.11. The highest BCUT2D eigenvalue weighted by molar-refractivity contribution is 9.09. The van der Waals surface area contributed by atoms with Gasteiger partial charge in [-0.25, -0.2) is 8.78 Å². The Labute approximate surface area is 78.0 Å². The van der Waals surface area contributed by atoms with E-state index in [4.69, 9.17) is 0 Å². The fraction of sp³-hybridized carbons (Fsp3) is 0.857. The van der Waals surface area contributed by atoms with Crippen LogP contribution in [0.5, 0.6) is 0 Å². The van der Waals surface area contributed by atoms with Crippen LogP contribution >= 0.6 is 15.9 Å². The van der Waals surface area contributed by atoms with Crippen molar-refractivity contribution in [1.29, 1.82) is 0 Å². The lowest BCUT2D eigenvalue weighted by atomic mass is 10.3. The van der Waals surface area contributed by atoms with Gasteiger partial charge in [0.15, 0.2) is 0 Å². The van der Waals surface area contributed by atoms with Crippen molar-refractivity contribution in [3.63, 3.8) is 0 Å². The lowest BCUT2D eigenvalue weighted by molar-refractivity contribution is -0.131. The van der Waals surface area contributed by atoms with Gasteiger partial charge in [0.2, 0.25) is 5.91 Å². The number of hydrogen-bond donors (Lipinski definition) is 0. The minimum Gasteiger partial charge on any atom is -0.336 e. The van der Waals surface area contributed by atoms with Gasteiger partial charge in [-0.15, -0.1) is 0 Å². The molecule has 1 heterocycles. The number of amides is 1. The number of halogens is 3. The Bertz CT molecular complexity index is 186. The number of carbonyl (C=O) groups excluding carboxylic acids is 1. The van der Waals surface area contributed by atoms with Crippen LogP contribution in [-0.2, 0) is 4.79 Å². The highest BCUT2D eigenvalue weighted by atomic mass is 79.9. The van der Waals surface area contributed by atoms with Gasteiger partial charge in [-0.1, -0.05) is 15.9 Å². The SMILES string of the molecule is O=C(CCBr)N1CCC(F)(F)C1. The van der Waals surface area contributed by atoms with Crippen LogP contribution in [0.25, 0.3) is 0 Å². The lowest BCUT2D eigenvalue weighted by Crippen LogP contribution is -2.31. The van der Waals surface area contributed by atoms with Crippen molar-refractivity contribution in [2.24, 2.45) is 0 Å². The van der Waals surface area contributed by atoms with Crippen molar-refractivity contribution in [2.75, 3.05) is 18.4 Å². The maximum absolute atomic E-state index is 12.6. The molecule has 70 valence electrons. The first-order chi connectivity index (χ1) is 5.55. The molecule has 1 aliphatic rings. The van der Waals surface area contributed by atoms with Gasteiger partial charge in [-0.05, 0) is 0 Å². The lowest BCUT2D eigenvalue weighted by Gasteiger charge is -2.14. The Morgan fingerprint density at radius 3 is 2.67 bits per heavy atom. The van der Waals surface area contributed by atoms with Crippen molar-refractivity contribution < 1.29 is 13.6 Å². The summed E-state index contributed by atoms with van der Waals surface area (Å²) in [6.45, 7) is -0.211. The first-order valence-corrected chi connectivity index (χ1v) is 4.89. The topological polar surface area (TPSA) is 20.3 Å². The second kappa shape index (κ2) is 3.68. The average Bonchev–Trinajstić information content (AvgIpc) is 2.31. The van der Waals surface area contributed by atoms with Crippen LogP contribution in [0.1, 0.15) is 12.8 Å². The molecule has 1 aliphatic heterocycles. The summed E-state index contributed by atoms with van der Waals surface area (Å²) in [5.74, 6) is -2.86. The highest BCUT2D eigenvalue weighted by Crippen LogP contribution is 2.26. The van der Waals surface area contributed by atoms with Crippen molar-refractivity contribution in [2.45, 2.75) is 18.8 Å². The van der Waals surface area contributed by atoms with Gasteiger partial charge in [0.25, 0.3) is 5.92 Å². The molecule has 0 saturated carbocycles. The molecule has 0 atom stereocenters. The number of likely N-dealkylation sites (tertiary alicyclic amines) is 1. The van der Waals surface area contributed by atoms with E-state index in [2.05, 4.69) is 15.9 Å². The molecule has 0 spiro atoms. The van der Waals surface area contributed by atoms with E-state index in [0.717, 1.165) is 0 Å². The Hall–Kier alpha value is -0.190. The summed E-state index contributed by atoms with van der Waals surface area (Å²) in [5.41, 5.74) is 0. The Morgan fingerprint density at radius 2 is 2.25 bits per heavy atom. The third-order valence-corrected chi connectivity index (χ3v) is 2.23. The minimum atomic E-state index is -2.66. The summed E-state index contributed by atoms with van der Waals surface area (Å²) < 4.78 is 25.2. The molecule has 0 radical (unpaired) electrons. The first-order valence-electron chi connectivity index (χ1n) is 3.77. The van der Waals surface area contributed by atoms with Crippen LogP contribution in [0, 0.1) is 0 Å². The number of carbonyl (C=O) groups is 1. The van der Waals surface area contributed by atoms with E-state index in [1.165, 1.54) is 4.90 Å². The van der Waals surface area contributed by atoms with Gasteiger partial charge in [0, 0.05) is 24.7 Å². The van der Waals surface area contributed by atoms with Gasteiger partial charge in [0.1, 0.15) is 0 Å². The standard InChI is InChI=1S/C7H10BrF2NO/c8-3-1-6(12)11-4-2-7(9,10)5-11/h1-5H2. The average molecular weight is 242 g/mol. The summed E-state index contributed by atoms with van der Waals surface area (Å²) in [4.78, 5) is 12.3. The van der Waals surface area contributed by atoms with Gasteiger partial charge in [-0.3, -0.25) is 4.79 Å².